The van der Waals surface area contributed by atoms with Gasteiger partial charge in [-0.2, -0.15) is 0 Å². The molecular weight excluding hydrogens is 378 g/mol. The molecule has 0 amide bonds. The lowest BCUT2D eigenvalue weighted by atomic mass is 10.2. The van der Waals surface area contributed by atoms with E-state index in [4.69, 9.17) is 0 Å². The van der Waals surface area contributed by atoms with Crippen LogP contribution >= 0.6 is 34.0 Å². The van der Waals surface area contributed by atoms with E-state index in [2.05, 4.69) is 54.0 Å². The summed E-state index contributed by atoms with van der Waals surface area (Å²) in [5, 5.41) is 2.68. The highest BCUT2D eigenvalue weighted by Crippen LogP contribution is 2.43. The van der Waals surface area contributed by atoms with Crippen LogP contribution in [-0.2, 0) is 6.54 Å². The van der Waals surface area contributed by atoms with E-state index in [1.165, 1.54) is 35.8 Å². The number of fused-ring (bicyclic) bond motifs is 3. The minimum Gasteiger partial charge on any atom is -0.332 e. The number of hydrogen-bond acceptors (Lipinski definition) is 4. The molecule has 0 aliphatic heterocycles. The summed E-state index contributed by atoms with van der Waals surface area (Å²) in [6.45, 7) is 3.18. The summed E-state index contributed by atoms with van der Waals surface area (Å²) in [6, 6.07) is 19.3. The number of aldehydes is 1. The maximum atomic E-state index is 10.9. The van der Waals surface area contributed by atoms with Crippen LogP contribution < -0.4 is 0 Å². The van der Waals surface area contributed by atoms with Crippen LogP contribution in [0.2, 0.25) is 0 Å². The Morgan fingerprint density at radius 2 is 1.58 bits per heavy atom. The zero-order valence-electron chi connectivity index (χ0n) is 14.1. The molecule has 1 aromatic carbocycles. The molecule has 4 aromatic heterocycles. The molecule has 128 valence electrons. The Morgan fingerprint density at radius 1 is 0.846 bits per heavy atom. The van der Waals surface area contributed by atoms with Crippen molar-refractivity contribution < 1.29 is 4.79 Å². The number of aromatic nitrogens is 1. The number of thiophene rings is 3. The maximum absolute atomic E-state index is 10.9. The number of aryl methyl sites for hydroxylation is 1. The van der Waals surface area contributed by atoms with Gasteiger partial charge in [0.1, 0.15) is 4.83 Å². The van der Waals surface area contributed by atoms with Crippen molar-refractivity contribution in [3.8, 4) is 19.5 Å². The molecule has 0 fully saturated rings. The van der Waals surface area contributed by atoms with E-state index in [1.807, 2.05) is 23.5 Å². The van der Waals surface area contributed by atoms with Crippen molar-refractivity contribution in [2.45, 2.75) is 13.5 Å². The van der Waals surface area contributed by atoms with E-state index in [9.17, 15) is 4.79 Å². The molecule has 0 aliphatic rings. The normalized spacial score (nSPS) is 11.6. The molecule has 0 atom stereocenters. The van der Waals surface area contributed by atoms with Gasteiger partial charge >= 0.3 is 0 Å². The Balaban J connectivity index is 1.62. The van der Waals surface area contributed by atoms with E-state index >= 15 is 0 Å². The third kappa shape index (κ3) is 2.39. The number of benzene rings is 1. The summed E-state index contributed by atoms with van der Waals surface area (Å²) < 4.78 is 2.41. The molecule has 0 saturated carbocycles. The Hall–Kier alpha value is -2.21. The fourth-order valence-corrected chi connectivity index (χ4v) is 6.66. The number of para-hydroxylation sites is 1. The zero-order chi connectivity index (χ0) is 17.7. The van der Waals surface area contributed by atoms with Gasteiger partial charge in [0, 0.05) is 42.3 Å². The lowest BCUT2D eigenvalue weighted by molar-refractivity contribution is 0.112. The summed E-state index contributed by atoms with van der Waals surface area (Å²) >= 11 is 5.21. The Kier molecular flexibility index (Phi) is 3.81. The van der Waals surface area contributed by atoms with Gasteiger partial charge in [-0.1, -0.05) is 18.2 Å². The standard InChI is InChI=1S/C21H15NOS3/c1-2-22-16-6-4-3-5-14(16)15-11-20(26-21(15)22)19-10-9-18(25-19)17-8-7-13(12-23)24-17/h3-12H,2H2,1H3. The van der Waals surface area contributed by atoms with Gasteiger partial charge in [-0.3, -0.25) is 4.79 Å². The molecule has 0 saturated heterocycles. The molecule has 5 aromatic rings. The van der Waals surface area contributed by atoms with E-state index in [-0.39, 0.29) is 0 Å². The topological polar surface area (TPSA) is 22.0 Å². The number of hydrogen-bond donors (Lipinski definition) is 0. The summed E-state index contributed by atoms with van der Waals surface area (Å²) in [7, 11) is 0. The first-order chi connectivity index (χ1) is 12.8. The Morgan fingerprint density at radius 3 is 2.35 bits per heavy atom. The molecule has 2 nitrogen and oxygen atoms in total. The van der Waals surface area contributed by atoms with Crippen LogP contribution in [0.25, 0.3) is 40.6 Å². The lowest BCUT2D eigenvalue weighted by Gasteiger charge is -2.01. The second-order valence-corrected chi connectivity index (χ2v) is 9.30. The van der Waals surface area contributed by atoms with Crippen molar-refractivity contribution in [3.63, 3.8) is 0 Å². The minimum atomic E-state index is 0.778. The van der Waals surface area contributed by atoms with Gasteiger partial charge in [0.2, 0.25) is 0 Å². The van der Waals surface area contributed by atoms with Gasteiger partial charge < -0.3 is 4.57 Å². The highest BCUT2D eigenvalue weighted by Gasteiger charge is 2.15. The van der Waals surface area contributed by atoms with Gasteiger partial charge in [-0.15, -0.1) is 34.0 Å². The average molecular weight is 394 g/mol. The maximum Gasteiger partial charge on any atom is 0.160 e. The predicted molar refractivity (Wildman–Crippen MR) is 115 cm³/mol. The van der Waals surface area contributed by atoms with Crippen LogP contribution in [0.1, 0.15) is 16.6 Å². The van der Waals surface area contributed by atoms with Crippen molar-refractivity contribution in [2.75, 3.05) is 0 Å². The molecule has 0 spiro atoms. The van der Waals surface area contributed by atoms with E-state index in [0.29, 0.717) is 0 Å². The van der Waals surface area contributed by atoms with Gasteiger partial charge in [-0.05, 0) is 43.3 Å². The van der Waals surface area contributed by atoms with Crippen molar-refractivity contribution in [2.24, 2.45) is 0 Å². The van der Waals surface area contributed by atoms with Crippen LogP contribution in [0.5, 0.6) is 0 Å². The number of carbonyl (C=O) groups excluding carboxylic acids is 1. The molecule has 0 aliphatic carbocycles. The summed E-state index contributed by atoms with van der Waals surface area (Å²) in [5.74, 6) is 0. The van der Waals surface area contributed by atoms with Crippen molar-refractivity contribution in [1.82, 2.24) is 4.57 Å². The number of rotatable bonds is 4. The van der Waals surface area contributed by atoms with Crippen LogP contribution in [-0.4, -0.2) is 10.9 Å². The van der Waals surface area contributed by atoms with Crippen LogP contribution in [0.4, 0.5) is 0 Å². The zero-order valence-corrected chi connectivity index (χ0v) is 16.5. The van der Waals surface area contributed by atoms with Gasteiger partial charge in [-0.25, -0.2) is 0 Å². The Labute approximate surface area is 163 Å². The first-order valence-corrected chi connectivity index (χ1v) is 10.9. The molecular formula is C21H15NOS3. The number of nitrogens with zero attached hydrogens (tertiary/aromatic N) is 1. The van der Waals surface area contributed by atoms with Crippen LogP contribution in [0, 0.1) is 0 Å². The van der Waals surface area contributed by atoms with Crippen LogP contribution in [0.15, 0.2) is 54.6 Å². The summed E-state index contributed by atoms with van der Waals surface area (Å²) in [4.78, 5) is 18.0. The molecule has 0 unspecified atom stereocenters. The van der Waals surface area contributed by atoms with Gasteiger partial charge in [0.25, 0.3) is 0 Å². The average Bonchev–Trinajstić information content (AvgIpc) is 3.42. The lowest BCUT2D eigenvalue weighted by Crippen LogP contribution is -1.90. The Bertz CT molecular complexity index is 1250. The molecule has 0 N–H and O–H groups in total. The van der Waals surface area contributed by atoms with E-state index in [0.717, 1.165) is 22.6 Å². The molecule has 5 heteroatoms. The van der Waals surface area contributed by atoms with Gasteiger partial charge in [0.05, 0.1) is 4.88 Å². The third-order valence-electron chi connectivity index (χ3n) is 4.59. The van der Waals surface area contributed by atoms with Crippen molar-refractivity contribution in [3.05, 3.63) is 59.5 Å². The van der Waals surface area contributed by atoms with E-state index < -0.39 is 0 Å². The summed E-state index contributed by atoms with van der Waals surface area (Å²) in [5.41, 5.74) is 1.31. The van der Waals surface area contributed by atoms with E-state index in [1.54, 1.807) is 22.7 Å². The van der Waals surface area contributed by atoms with Crippen LogP contribution in [0.3, 0.4) is 0 Å². The fourth-order valence-electron chi connectivity index (χ4n) is 3.41. The monoisotopic (exact) mass is 393 g/mol. The largest absolute Gasteiger partial charge is 0.332 e. The SMILES string of the molecule is CCn1c2ccccc2c2cc(-c3ccc(-c4ccc(C=O)s4)s3)sc21. The highest BCUT2D eigenvalue weighted by molar-refractivity contribution is 7.28. The van der Waals surface area contributed by atoms with Crippen molar-refractivity contribution >= 4 is 61.4 Å². The quantitative estimate of drug-likeness (QED) is 0.297. The molecule has 26 heavy (non-hydrogen) atoms. The third-order valence-corrected chi connectivity index (χ3v) is 8.24. The second kappa shape index (κ2) is 6.20. The predicted octanol–water partition coefficient (Wildman–Crippen LogP) is 7.15. The fraction of sp³-hybridized carbons (Fsp3) is 0.0952. The minimum absolute atomic E-state index is 0.778. The van der Waals surface area contributed by atoms with Gasteiger partial charge in [0.15, 0.2) is 6.29 Å². The molecule has 0 radical (unpaired) electrons. The molecule has 0 bridgehead atoms. The highest BCUT2D eigenvalue weighted by atomic mass is 32.1. The molecule has 5 rings (SSSR count). The second-order valence-electron chi connectivity index (χ2n) is 6.07. The smallest absolute Gasteiger partial charge is 0.160 e. The first-order valence-electron chi connectivity index (χ1n) is 8.45. The van der Waals surface area contributed by atoms with Crippen molar-refractivity contribution in [1.29, 1.82) is 0 Å². The number of carbonyl (C=O) groups is 1. The summed E-state index contributed by atoms with van der Waals surface area (Å²) in [6.07, 6.45) is 0.920. The molecule has 4 heterocycles. The first kappa shape index (κ1) is 16.0.